The van der Waals surface area contributed by atoms with Gasteiger partial charge in [-0.25, -0.2) is 0 Å². The Morgan fingerprint density at radius 3 is 2.31 bits per heavy atom. The Labute approximate surface area is 79.1 Å². The van der Waals surface area contributed by atoms with Crippen LogP contribution in [0.2, 0.25) is 0 Å². The first-order valence-corrected chi connectivity index (χ1v) is 4.69. The van der Waals surface area contributed by atoms with Crippen molar-refractivity contribution in [3.8, 4) is 0 Å². The second kappa shape index (κ2) is 3.29. The first kappa shape index (κ1) is 10.5. The van der Waals surface area contributed by atoms with Crippen molar-refractivity contribution in [2.24, 2.45) is 5.41 Å². The van der Waals surface area contributed by atoms with E-state index in [2.05, 4.69) is 0 Å². The molecule has 0 spiro atoms. The van der Waals surface area contributed by atoms with Crippen molar-refractivity contribution in [3.63, 3.8) is 0 Å². The zero-order chi connectivity index (χ0) is 10.1. The average Bonchev–Trinajstić information content (AvgIpc) is 2.63. The maximum absolute atomic E-state index is 10.5. The van der Waals surface area contributed by atoms with E-state index < -0.39 is 5.97 Å². The van der Waals surface area contributed by atoms with Gasteiger partial charge < -0.3 is 9.84 Å². The highest BCUT2D eigenvalue weighted by atomic mass is 16.5. The molecule has 0 aliphatic heterocycles. The Morgan fingerprint density at radius 2 is 2.00 bits per heavy atom. The molecular weight excluding hydrogens is 168 g/mol. The zero-order valence-electron chi connectivity index (χ0n) is 8.59. The van der Waals surface area contributed by atoms with Gasteiger partial charge in [-0.15, -0.1) is 0 Å². The molecule has 1 fully saturated rings. The van der Waals surface area contributed by atoms with E-state index in [0.29, 0.717) is 6.61 Å². The van der Waals surface area contributed by atoms with Gasteiger partial charge in [0, 0.05) is 5.41 Å². The molecule has 3 heteroatoms. The molecule has 0 radical (unpaired) electrons. The molecule has 1 aliphatic carbocycles. The quantitative estimate of drug-likeness (QED) is 0.731. The summed E-state index contributed by atoms with van der Waals surface area (Å²) >= 11 is 0. The van der Waals surface area contributed by atoms with E-state index in [4.69, 9.17) is 9.84 Å². The van der Waals surface area contributed by atoms with E-state index in [9.17, 15) is 4.79 Å². The highest BCUT2D eigenvalue weighted by molar-refractivity contribution is 5.68. The molecule has 0 atom stereocenters. The highest BCUT2D eigenvalue weighted by Crippen LogP contribution is 2.49. The van der Waals surface area contributed by atoms with Gasteiger partial charge in [0.05, 0.1) is 18.6 Å². The van der Waals surface area contributed by atoms with Gasteiger partial charge in [-0.05, 0) is 33.6 Å². The van der Waals surface area contributed by atoms with E-state index in [1.165, 1.54) is 0 Å². The average molecular weight is 186 g/mol. The molecule has 13 heavy (non-hydrogen) atoms. The van der Waals surface area contributed by atoms with E-state index >= 15 is 0 Å². The van der Waals surface area contributed by atoms with E-state index in [1.54, 1.807) is 0 Å². The molecule has 0 heterocycles. The molecule has 1 N–H and O–H groups in total. The molecule has 0 saturated heterocycles. The Kier molecular flexibility index (Phi) is 2.66. The molecule has 0 unspecified atom stereocenters. The van der Waals surface area contributed by atoms with Gasteiger partial charge in [-0.2, -0.15) is 0 Å². The van der Waals surface area contributed by atoms with Gasteiger partial charge >= 0.3 is 5.97 Å². The first-order chi connectivity index (χ1) is 5.83. The van der Waals surface area contributed by atoms with Crippen LogP contribution in [0.5, 0.6) is 0 Å². The third-order valence-corrected chi connectivity index (χ3v) is 2.29. The third kappa shape index (κ3) is 3.77. The highest BCUT2D eigenvalue weighted by Gasteiger charge is 2.45. The zero-order valence-corrected chi connectivity index (χ0v) is 8.59. The van der Waals surface area contributed by atoms with Crippen LogP contribution >= 0.6 is 0 Å². The minimum Gasteiger partial charge on any atom is -0.481 e. The summed E-state index contributed by atoms with van der Waals surface area (Å²) in [6.07, 6.45) is 2.24. The van der Waals surface area contributed by atoms with Crippen molar-refractivity contribution in [2.45, 2.75) is 45.6 Å². The second-order valence-corrected chi connectivity index (χ2v) is 4.97. The minimum absolute atomic E-state index is 0.0425. The molecular formula is C10H18O3. The summed E-state index contributed by atoms with van der Waals surface area (Å²) in [7, 11) is 0. The predicted molar refractivity (Wildman–Crippen MR) is 49.6 cm³/mol. The molecule has 0 aromatic heterocycles. The molecule has 0 bridgehead atoms. The number of carbonyl (C=O) groups is 1. The fourth-order valence-electron chi connectivity index (χ4n) is 1.24. The standard InChI is InChI=1S/C10H18O3/c1-9(2,3)13-7-10(4-5-10)6-8(11)12/h4-7H2,1-3H3,(H,11,12). The van der Waals surface area contributed by atoms with Crippen LogP contribution in [0.25, 0.3) is 0 Å². The summed E-state index contributed by atoms with van der Waals surface area (Å²) in [5, 5.41) is 8.66. The van der Waals surface area contributed by atoms with E-state index in [-0.39, 0.29) is 17.4 Å². The number of rotatable bonds is 4. The van der Waals surface area contributed by atoms with Crippen LogP contribution in [0.15, 0.2) is 0 Å². The largest absolute Gasteiger partial charge is 0.481 e. The van der Waals surface area contributed by atoms with Crippen molar-refractivity contribution >= 4 is 5.97 Å². The normalized spacial score (nSPS) is 19.9. The molecule has 0 amide bonds. The summed E-state index contributed by atoms with van der Waals surface area (Å²) < 4.78 is 5.59. The fourth-order valence-corrected chi connectivity index (χ4v) is 1.24. The number of ether oxygens (including phenoxy) is 1. The Morgan fingerprint density at radius 1 is 1.46 bits per heavy atom. The van der Waals surface area contributed by atoms with Crippen LogP contribution < -0.4 is 0 Å². The lowest BCUT2D eigenvalue weighted by atomic mass is 10.0. The third-order valence-electron chi connectivity index (χ3n) is 2.29. The van der Waals surface area contributed by atoms with Gasteiger partial charge in [-0.3, -0.25) is 4.79 Å². The van der Waals surface area contributed by atoms with Crippen LogP contribution in [-0.4, -0.2) is 23.3 Å². The van der Waals surface area contributed by atoms with Crippen molar-refractivity contribution in [1.29, 1.82) is 0 Å². The minimum atomic E-state index is -0.713. The molecule has 1 rings (SSSR count). The fraction of sp³-hybridized carbons (Fsp3) is 0.900. The van der Waals surface area contributed by atoms with Gasteiger partial charge in [0.1, 0.15) is 0 Å². The molecule has 1 saturated carbocycles. The Bertz CT molecular complexity index is 199. The lowest BCUT2D eigenvalue weighted by Gasteiger charge is -2.23. The molecule has 76 valence electrons. The van der Waals surface area contributed by atoms with Gasteiger partial charge in [0.2, 0.25) is 0 Å². The molecule has 3 nitrogen and oxygen atoms in total. The maximum Gasteiger partial charge on any atom is 0.303 e. The Hall–Kier alpha value is -0.570. The summed E-state index contributed by atoms with van der Waals surface area (Å²) in [5.41, 5.74) is -0.201. The summed E-state index contributed by atoms with van der Waals surface area (Å²) in [6.45, 7) is 6.56. The number of carboxylic acids is 1. The van der Waals surface area contributed by atoms with Gasteiger partial charge in [0.25, 0.3) is 0 Å². The van der Waals surface area contributed by atoms with Crippen LogP contribution in [-0.2, 0) is 9.53 Å². The van der Waals surface area contributed by atoms with Crippen LogP contribution in [0, 0.1) is 5.41 Å². The van der Waals surface area contributed by atoms with Gasteiger partial charge in [-0.1, -0.05) is 0 Å². The van der Waals surface area contributed by atoms with E-state index in [0.717, 1.165) is 12.8 Å². The first-order valence-electron chi connectivity index (χ1n) is 4.69. The molecule has 0 aromatic carbocycles. The van der Waals surface area contributed by atoms with Crippen molar-refractivity contribution in [2.75, 3.05) is 6.61 Å². The summed E-state index contributed by atoms with van der Waals surface area (Å²) in [6, 6.07) is 0. The predicted octanol–water partition coefficient (Wildman–Crippen LogP) is 2.06. The number of hydrogen-bond donors (Lipinski definition) is 1. The molecule has 0 aromatic rings. The maximum atomic E-state index is 10.5. The number of carboxylic acid groups (broad SMARTS) is 1. The monoisotopic (exact) mass is 186 g/mol. The van der Waals surface area contributed by atoms with E-state index in [1.807, 2.05) is 20.8 Å². The van der Waals surface area contributed by atoms with Gasteiger partial charge in [0.15, 0.2) is 0 Å². The Balaban J connectivity index is 2.32. The lowest BCUT2D eigenvalue weighted by molar-refractivity contribution is -0.139. The topological polar surface area (TPSA) is 46.5 Å². The van der Waals surface area contributed by atoms with Crippen molar-refractivity contribution in [3.05, 3.63) is 0 Å². The van der Waals surface area contributed by atoms with Crippen LogP contribution in [0.4, 0.5) is 0 Å². The SMILES string of the molecule is CC(C)(C)OCC1(CC(=O)O)CC1. The molecule has 1 aliphatic rings. The number of aliphatic carboxylic acids is 1. The van der Waals surface area contributed by atoms with Crippen molar-refractivity contribution in [1.82, 2.24) is 0 Å². The summed E-state index contributed by atoms with van der Waals surface area (Å²) in [4.78, 5) is 10.5. The van der Waals surface area contributed by atoms with Crippen LogP contribution in [0.1, 0.15) is 40.0 Å². The number of hydrogen-bond acceptors (Lipinski definition) is 2. The second-order valence-electron chi connectivity index (χ2n) is 4.97. The lowest BCUT2D eigenvalue weighted by Crippen LogP contribution is -2.25. The summed E-state index contributed by atoms with van der Waals surface area (Å²) in [5.74, 6) is -0.713. The smallest absolute Gasteiger partial charge is 0.303 e. The van der Waals surface area contributed by atoms with Crippen LogP contribution in [0.3, 0.4) is 0 Å². The van der Waals surface area contributed by atoms with Crippen molar-refractivity contribution < 1.29 is 14.6 Å².